The van der Waals surface area contributed by atoms with Crippen LogP contribution in [-0.4, -0.2) is 5.90 Å². The summed E-state index contributed by atoms with van der Waals surface area (Å²) in [6.07, 6.45) is 1.80. The normalized spacial score (nSPS) is 12.0. The number of thioether (sulfide) groups is 1. The van der Waals surface area contributed by atoms with Crippen molar-refractivity contribution in [1.29, 1.82) is 0 Å². The molecule has 0 unspecified atom stereocenters. The molecule has 0 saturated heterocycles. The van der Waals surface area contributed by atoms with Gasteiger partial charge < -0.3 is 4.74 Å². The second-order valence-corrected chi connectivity index (χ2v) is 8.93. The molecule has 0 bridgehead atoms. The second kappa shape index (κ2) is 10.9. The second-order valence-electron chi connectivity index (χ2n) is 6.73. The van der Waals surface area contributed by atoms with Crippen molar-refractivity contribution >= 4 is 58.1 Å². The number of nitrogens with zero attached hydrogens (tertiary/aromatic N) is 1. The van der Waals surface area contributed by atoms with E-state index < -0.39 is 0 Å². The first-order chi connectivity index (χ1) is 14.4. The van der Waals surface area contributed by atoms with Crippen molar-refractivity contribution in [3.05, 3.63) is 98.8 Å². The minimum atomic E-state index is 0.358. The summed E-state index contributed by atoms with van der Waals surface area (Å²) in [4.78, 5) is 5.75. The third-order valence-electron chi connectivity index (χ3n) is 4.15. The molecule has 6 heteroatoms. The van der Waals surface area contributed by atoms with Crippen LogP contribution in [0.3, 0.4) is 0 Å². The van der Waals surface area contributed by atoms with Crippen LogP contribution in [0.15, 0.2) is 88.1 Å². The Balaban J connectivity index is 1.88. The van der Waals surface area contributed by atoms with Gasteiger partial charge in [0.2, 0.25) is 5.90 Å². The average molecular weight is 477 g/mol. The van der Waals surface area contributed by atoms with E-state index in [0.717, 1.165) is 10.6 Å². The first kappa shape index (κ1) is 22.8. The fraction of sp³-hybridized carbons (Fsp3) is 0.125. The molecule has 3 aromatic rings. The Hall–Kier alpha value is -1.91. The number of rotatable bonds is 6. The lowest BCUT2D eigenvalue weighted by Crippen LogP contribution is -2.05. The lowest BCUT2D eigenvalue weighted by atomic mass is 10.0. The van der Waals surface area contributed by atoms with Gasteiger partial charge in [-0.2, -0.15) is 0 Å². The maximum absolute atomic E-state index is 6.28. The van der Waals surface area contributed by atoms with Crippen LogP contribution >= 0.6 is 46.6 Å². The van der Waals surface area contributed by atoms with Crippen molar-refractivity contribution < 1.29 is 4.74 Å². The maximum atomic E-state index is 6.28. The molecule has 0 aliphatic rings. The van der Waals surface area contributed by atoms with Gasteiger partial charge in [0.05, 0.1) is 20.8 Å². The first-order valence-corrected chi connectivity index (χ1v) is 11.3. The van der Waals surface area contributed by atoms with E-state index in [9.17, 15) is 0 Å². The molecule has 0 aliphatic heterocycles. The molecule has 30 heavy (non-hydrogen) atoms. The van der Waals surface area contributed by atoms with Crippen LogP contribution in [-0.2, 0) is 0 Å². The summed E-state index contributed by atoms with van der Waals surface area (Å²) in [6, 6.07) is 21.2. The highest BCUT2D eigenvalue weighted by molar-refractivity contribution is 8.02. The minimum Gasteiger partial charge on any atom is -0.437 e. The van der Waals surface area contributed by atoms with Crippen LogP contribution in [0, 0.1) is 0 Å². The summed E-state index contributed by atoms with van der Waals surface area (Å²) >= 11 is 20.0. The van der Waals surface area contributed by atoms with Crippen LogP contribution in [0.2, 0.25) is 15.1 Å². The van der Waals surface area contributed by atoms with Gasteiger partial charge in [-0.3, -0.25) is 0 Å². The molecule has 0 radical (unpaired) electrons. The Morgan fingerprint density at radius 3 is 2.23 bits per heavy atom. The van der Waals surface area contributed by atoms with Gasteiger partial charge in [0.15, 0.2) is 0 Å². The Morgan fingerprint density at radius 1 is 0.900 bits per heavy atom. The third-order valence-corrected chi connectivity index (χ3v) is 5.98. The third kappa shape index (κ3) is 6.55. The van der Waals surface area contributed by atoms with E-state index in [4.69, 9.17) is 39.5 Å². The molecule has 3 aromatic carbocycles. The molecule has 0 N–H and O–H groups in total. The van der Waals surface area contributed by atoms with Gasteiger partial charge >= 0.3 is 0 Å². The van der Waals surface area contributed by atoms with Gasteiger partial charge in [-0.25, -0.2) is 4.99 Å². The molecule has 0 saturated carbocycles. The van der Waals surface area contributed by atoms with Crippen molar-refractivity contribution in [2.45, 2.75) is 24.7 Å². The average Bonchev–Trinajstić information content (AvgIpc) is 2.73. The minimum absolute atomic E-state index is 0.358. The molecule has 0 amide bonds. The summed E-state index contributed by atoms with van der Waals surface area (Å²) < 4.78 is 5.98. The zero-order valence-electron chi connectivity index (χ0n) is 16.5. The topological polar surface area (TPSA) is 21.6 Å². The highest BCUT2D eigenvalue weighted by Gasteiger charge is 2.10. The predicted molar refractivity (Wildman–Crippen MR) is 131 cm³/mol. The molecule has 0 heterocycles. The molecular formula is C24H20Cl3NOS. The number of halogens is 3. The largest absolute Gasteiger partial charge is 0.437 e. The summed E-state index contributed by atoms with van der Waals surface area (Å²) in [7, 11) is 0. The SMILES string of the molecule is CC(C)c1ccc(N=C(C=CSc2ccccc2)Oc2cc(Cl)c(Cl)cc2Cl)cc1. The van der Waals surface area contributed by atoms with Crippen molar-refractivity contribution in [2.75, 3.05) is 0 Å². The number of hydrogen-bond donors (Lipinski definition) is 0. The van der Waals surface area contributed by atoms with Gasteiger partial charge in [0.1, 0.15) is 5.75 Å². The summed E-state index contributed by atoms with van der Waals surface area (Å²) in [5.41, 5.74) is 2.03. The number of hydrogen-bond acceptors (Lipinski definition) is 3. The van der Waals surface area contributed by atoms with E-state index in [2.05, 4.69) is 31.0 Å². The Morgan fingerprint density at radius 2 is 1.57 bits per heavy atom. The summed E-state index contributed by atoms with van der Waals surface area (Å²) in [6.45, 7) is 4.31. The van der Waals surface area contributed by atoms with Crippen molar-refractivity contribution in [3.63, 3.8) is 0 Å². The van der Waals surface area contributed by atoms with Crippen LogP contribution in [0.1, 0.15) is 25.3 Å². The van der Waals surface area contributed by atoms with Gasteiger partial charge in [-0.1, -0.05) is 90.7 Å². The van der Waals surface area contributed by atoms with Gasteiger partial charge in [0.25, 0.3) is 0 Å². The molecule has 0 aliphatic carbocycles. The number of ether oxygens (including phenoxy) is 1. The highest BCUT2D eigenvalue weighted by Crippen LogP contribution is 2.34. The zero-order chi connectivity index (χ0) is 21.5. The Kier molecular flexibility index (Phi) is 8.29. The van der Waals surface area contributed by atoms with Crippen molar-refractivity contribution in [1.82, 2.24) is 0 Å². The monoisotopic (exact) mass is 475 g/mol. The van der Waals surface area contributed by atoms with E-state index in [1.54, 1.807) is 30.0 Å². The Labute approximate surface area is 196 Å². The maximum Gasteiger partial charge on any atom is 0.220 e. The Bertz CT molecular complexity index is 1050. The lowest BCUT2D eigenvalue weighted by Gasteiger charge is -2.10. The lowest BCUT2D eigenvalue weighted by molar-refractivity contribution is 0.556. The quantitative estimate of drug-likeness (QED) is 0.153. The van der Waals surface area contributed by atoms with E-state index in [1.165, 1.54) is 5.56 Å². The van der Waals surface area contributed by atoms with Gasteiger partial charge in [-0.15, -0.1) is 0 Å². The van der Waals surface area contributed by atoms with Crippen LogP contribution in [0.5, 0.6) is 5.75 Å². The van der Waals surface area contributed by atoms with E-state index in [-0.39, 0.29) is 0 Å². The zero-order valence-corrected chi connectivity index (χ0v) is 19.6. The molecule has 0 atom stereocenters. The highest BCUT2D eigenvalue weighted by atomic mass is 35.5. The van der Waals surface area contributed by atoms with Crippen LogP contribution in [0.4, 0.5) is 5.69 Å². The van der Waals surface area contributed by atoms with E-state index in [0.29, 0.717) is 32.6 Å². The fourth-order valence-electron chi connectivity index (χ4n) is 2.52. The smallest absolute Gasteiger partial charge is 0.220 e. The summed E-state index contributed by atoms with van der Waals surface area (Å²) in [5, 5.41) is 3.00. The molecular weight excluding hydrogens is 457 g/mol. The van der Waals surface area contributed by atoms with E-state index in [1.807, 2.05) is 47.9 Å². The van der Waals surface area contributed by atoms with Crippen LogP contribution < -0.4 is 4.74 Å². The summed E-state index contributed by atoms with van der Waals surface area (Å²) in [5.74, 6) is 1.23. The first-order valence-electron chi connectivity index (χ1n) is 9.31. The molecule has 2 nitrogen and oxygen atoms in total. The molecule has 3 rings (SSSR count). The van der Waals surface area contributed by atoms with Crippen molar-refractivity contribution in [3.8, 4) is 5.75 Å². The molecule has 0 aromatic heterocycles. The predicted octanol–water partition coefficient (Wildman–Crippen LogP) is 9.19. The molecule has 0 fully saturated rings. The van der Waals surface area contributed by atoms with Gasteiger partial charge in [-0.05, 0) is 47.2 Å². The number of benzene rings is 3. The van der Waals surface area contributed by atoms with Gasteiger partial charge in [0, 0.05) is 17.0 Å². The van der Waals surface area contributed by atoms with Crippen LogP contribution in [0.25, 0.3) is 0 Å². The molecule has 0 spiro atoms. The standard InChI is InChI=1S/C24H20Cl3NOS/c1-16(2)17-8-10-18(11-9-17)28-24(12-13-30-19-6-4-3-5-7-19)29-23-15-21(26)20(25)14-22(23)27/h3-16H,1-2H3. The molecule has 154 valence electrons. The number of aliphatic imine (C=N–C) groups is 1. The fourth-order valence-corrected chi connectivity index (χ4v) is 3.75. The van der Waals surface area contributed by atoms with E-state index >= 15 is 0 Å². The van der Waals surface area contributed by atoms with Crippen molar-refractivity contribution in [2.24, 2.45) is 4.99 Å².